The van der Waals surface area contributed by atoms with Crippen LogP contribution in [0.25, 0.3) is 10.9 Å². The fourth-order valence-corrected chi connectivity index (χ4v) is 4.00. The molecule has 0 radical (unpaired) electrons. The van der Waals surface area contributed by atoms with Gasteiger partial charge < -0.3 is 14.6 Å². The van der Waals surface area contributed by atoms with Crippen LogP contribution in [-0.4, -0.2) is 11.7 Å². The monoisotopic (exact) mass is 440 g/mol. The number of rotatable bonds is 7. The van der Waals surface area contributed by atoms with Crippen molar-refractivity contribution in [3.8, 4) is 5.75 Å². The highest BCUT2D eigenvalue weighted by Gasteiger charge is 2.14. The smallest absolute Gasteiger partial charge is 0.118 e. The first-order valence-corrected chi connectivity index (χ1v) is 10.2. The van der Waals surface area contributed by atoms with Crippen molar-refractivity contribution in [2.45, 2.75) is 26.6 Å². The average molecular weight is 441 g/mol. The van der Waals surface area contributed by atoms with Crippen molar-refractivity contribution >= 4 is 34.9 Å². The summed E-state index contributed by atoms with van der Waals surface area (Å²) in [5.41, 5.74) is 6.22. The van der Waals surface area contributed by atoms with Crippen LogP contribution in [0.4, 0.5) is 0 Å². The predicted molar refractivity (Wildman–Crippen MR) is 128 cm³/mol. The van der Waals surface area contributed by atoms with E-state index in [0.29, 0.717) is 0 Å². The van der Waals surface area contributed by atoms with Gasteiger partial charge in [0.15, 0.2) is 0 Å². The fraction of sp³-hybridized carbons (Fsp3) is 0.200. The minimum atomic E-state index is 0. The third-order valence-corrected chi connectivity index (χ3v) is 5.81. The number of halogens is 2. The maximum Gasteiger partial charge on any atom is 0.118 e. The van der Waals surface area contributed by atoms with Gasteiger partial charge in [-0.05, 0) is 47.9 Å². The number of nitrogens with zero attached hydrogens (tertiary/aromatic N) is 1. The highest BCUT2D eigenvalue weighted by Crippen LogP contribution is 2.28. The minimum absolute atomic E-state index is 0. The number of nitrogens with one attached hydrogen (secondary N) is 1. The Hall–Kier alpha value is -2.46. The van der Waals surface area contributed by atoms with Crippen molar-refractivity contribution in [1.82, 2.24) is 9.88 Å². The summed E-state index contributed by atoms with van der Waals surface area (Å²) in [5.74, 6) is 0.882. The summed E-state index contributed by atoms with van der Waals surface area (Å²) in [6.45, 7) is 4.59. The molecule has 30 heavy (non-hydrogen) atoms. The van der Waals surface area contributed by atoms with Crippen molar-refractivity contribution in [1.29, 1.82) is 0 Å². The zero-order valence-corrected chi connectivity index (χ0v) is 18.8. The van der Waals surface area contributed by atoms with Crippen LogP contribution in [0.15, 0.2) is 72.8 Å². The van der Waals surface area contributed by atoms with E-state index in [1.807, 2.05) is 30.3 Å². The molecule has 0 saturated carbocycles. The number of para-hydroxylation sites is 1. The predicted octanol–water partition coefficient (Wildman–Crippen LogP) is 6.37. The number of hydrogen-bond acceptors (Lipinski definition) is 2. The van der Waals surface area contributed by atoms with E-state index in [-0.39, 0.29) is 12.4 Å². The molecule has 3 nitrogen and oxygen atoms in total. The van der Waals surface area contributed by atoms with Crippen LogP contribution in [0.1, 0.15) is 22.4 Å². The standard InChI is InChI=1S/C25H25ClN2O.ClH/c1-18-23(16-27-15-19-11-13-21(29-2)14-12-19)22-8-4-6-10-25(22)28(18)17-20-7-3-5-9-24(20)26;/h3-14,27H,15-17H2,1-2H3;1H. The Balaban J connectivity index is 0.00000256. The molecule has 0 aliphatic heterocycles. The van der Waals surface area contributed by atoms with Crippen LogP contribution >= 0.6 is 24.0 Å². The molecule has 0 aliphatic rings. The van der Waals surface area contributed by atoms with E-state index in [0.717, 1.165) is 36.0 Å². The van der Waals surface area contributed by atoms with Gasteiger partial charge in [0.1, 0.15) is 5.75 Å². The van der Waals surface area contributed by atoms with Crippen LogP contribution in [0.5, 0.6) is 5.75 Å². The second-order valence-electron chi connectivity index (χ2n) is 7.21. The molecule has 0 fully saturated rings. The molecule has 0 aliphatic carbocycles. The van der Waals surface area contributed by atoms with Gasteiger partial charge >= 0.3 is 0 Å². The Morgan fingerprint density at radius 3 is 2.33 bits per heavy atom. The van der Waals surface area contributed by atoms with Gasteiger partial charge in [-0.25, -0.2) is 0 Å². The largest absolute Gasteiger partial charge is 0.497 e. The second-order valence-corrected chi connectivity index (χ2v) is 7.62. The number of benzene rings is 3. The molecule has 1 N–H and O–H groups in total. The Morgan fingerprint density at radius 2 is 1.60 bits per heavy atom. The van der Waals surface area contributed by atoms with Gasteiger partial charge in [0.25, 0.3) is 0 Å². The van der Waals surface area contributed by atoms with E-state index in [9.17, 15) is 0 Å². The molecular weight excluding hydrogens is 415 g/mol. The van der Waals surface area contributed by atoms with E-state index >= 15 is 0 Å². The molecule has 0 saturated heterocycles. The van der Waals surface area contributed by atoms with Crippen LogP contribution < -0.4 is 10.1 Å². The number of aromatic nitrogens is 1. The van der Waals surface area contributed by atoms with Gasteiger partial charge in [0.05, 0.1) is 7.11 Å². The topological polar surface area (TPSA) is 26.2 Å². The van der Waals surface area contributed by atoms with Gasteiger partial charge in [0.2, 0.25) is 0 Å². The second kappa shape index (κ2) is 10.0. The Labute approximate surface area is 189 Å². The zero-order chi connectivity index (χ0) is 20.2. The Morgan fingerprint density at radius 1 is 0.900 bits per heavy atom. The molecule has 4 rings (SSSR count). The Bertz CT molecular complexity index is 1120. The lowest BCUT2D eigenvalue weighted by Gasteiger charge is -2.11. The van der Waals surface area contributed by atoms with Crippen molar-refractivity contribution < 1.29 is 4.74 Å². The zero-order valence-electron chi connectivity index (χ0n) is 17.2. The summed E-state index contributed by atoms with van der Waals surface area (Å²) in [7, 11) is 1.69. The normalized spacial score (nSPS) is 10.8. The first-order valence-electron chi connectivity index (χ1n) is 9.81. The van der Waals surface area contributed by atoms with E-state index < -0.39 is 0 Å². The molecule has 4 aromatic rings. The SMILES string of the molecule is COc1ccc(CNCc2c(C)n(Cc3ccccc3Cl)c3ccccc23)cc1.Cl. The van der Waals surface area contributed by atoms with Crippen molar-refractivity contribution in [3.63, 3.8) is 0 Å². The van der Waals surface area contributed by atoms with Crippen molar-refractivity contribution in [2.75, 3.05) is 7.11 Å². The summed E-state index contributed by atoms with van der Waals surface area (Å²) in [6, 6.07) is 24.8. The summed E-state index contributed by atoms with van der Waals surface area (Å²) in [6.07, 6.45) is 0. The quantitative estimate of drug-likeness (QED) is 0.361. The summed E-state index contributed by atoms with van der Waals surface area (Å²) >= 11 is 6.42. The van der Waals surface area contributed by atoms with Crippen LogP contribution in [0, 0.1) is 6.92 Å². The molecule has 156 valence electrons. The van der Waals surface area contributed by atoms with Crippen LogP contribution in [0.3, 0.4) is 0 Å². The number of hydrogen-bond donors (Lipinski definition) is 1. The molecule has 0 spiro atoms. The van der Waals surface area contributed by atoms with Gasteiger partial charge in [-0.2, -0.15) is 0 Å². The number of fused-ring (bicyclic) bond motifs is 1. The lowest BCUT2D eigenvalue weighted by atomic mass is 10.1. The van der Waals surface area contributed by atoms with E-state index in [4.69, 9.17) is 16.3 Å². The van der Waals surface area contributed by atoms with Gasteiger partial charge in [-0.3, -0.25) is 0 Å². The molecule has 0 bridgehead atoms. The molecule has 0 amide bonds. The summed E-state index contributed by atoms with van der Waals surface area (Å²) < 4.78 is 7.60. The van der Waals surface area contributed by atoms with Gasteiger partial charge in [-0.1, -0.05) is 60.1 Å². The molecule has 5 heteroatoms. The van der Waals surface area contributed by atoms with Gasteiger partial charge in [0, 0.05) is 41.3 Å². The Kier molecular flexibility index (Phi) is 7.43. The van der Waals surface area contributed by atoms with E-state index in [1.54, 1.807) is 7.11 Å². The first kappa shape index (κ1) is 22.2. The molecule has 0 atom stereocenters. The maximum absolute atomic E-state index is 6.42. The molecule has 3 aromatic carbocycles. The summed E-state index contributed by atoms with van der Waals surface area (Å²) in [5, 5.41) is 5.70. The minimum Gasteiger partial charge on any atom is -0.497 e. The summed E-state index contributed by atoms with van der Waals surface area (Å²) in [4.78, 5) is 0. The lowest BCUT2D eigenvalue weighted by molar-refractivity contribution is 0.414. The number of methoxy groups -OCH3 is 1. The van der Waals surface area contributed by atoms with Crippen molar-refractivity contribution in [3.05, 3.63) is 100 Å². The molecular formula is C25H26Cl2N2O. The maximum atomic E-state index is 6.42. The fourth-order valence-electron chi connectivity index (χ4n) is 3.80. The number of ether oxygens (including phenoxy) is 1. The third kappa shape index (κ3) is 4.65. The van der Waals surface area contributed by atoms with Gasteiger partial charge in [-0.15, -0.1) is 12.4 Å². The molecule has 1 aromatic heterocycles. The first-order chi connectivity index (χ1) is 14.2. The third-order valence-electron chi connectivity index (χ3n) is 5.44. The lowest BCUT2D eigenvalue weighted by Crippen LogP contribution is -2.13. The molecule has 0 unspecified atom stereocenters. The van der Waals surface area contributed by atoms with E-state index in [1.165, 1.54) is 27.7 Å². The average Bonchev–Trinajstić information content (AvgIpc) is 3.02. The highest BCUT2D eigenvalue weighted by atomic mass is 35.5. The highest BCUT2D eigenvalue weighted by molar-refractivity contribution is 6.31. The van der Waals surface area contributed by atoms with Crippen LogP contribution in [0.2, 0.25) is 5.02 Å². The molecule has 1 heterocycles. The van der Waals surface area contributed by atoms with E-state index in [2.05, 4.69) is 59.3 Å². The van der Waals surface area contributed by atoms with Crippen LogP contribution in [-0.2, 0) is 19.6 Å². The van der Waals surface area contributed by atoms with Crippen molar-refractivity contribution in [2.24, 2.45) is 0 Å².